The number of hydrogen-bond acceptors (Lipinski definition) is 5. The zero-order valence-electron chi connectivity index (χ0n) is 12.5. The van der Waals surface area contributed by atoms with Crippen LogP contribution in [0.1, 0.15) is 6.42 Å². The molecule has 1 saturated heterocycles. The summed E-state index contributed by atoms with van der Waals surface area (Å²) in [4.78, 5) is 12.0. The van der Waals surface area contributed by atoms with Gasteiger partial charge in [0.05, 0.1) is 19.9 Å². The SMILES string of the molecule is COc1cc(OC)c(NC(=O)CC2CSCCN2)cc1F.Cl. The van der Waals surface area contributed by atoms with Crippen molar-refractivity contribution in [1.29, 1.82) is 0 Å². The molecule has 0 spiro atoms. The van der Waals surface area contributed by atoms with Crippen molar-refractivity contribution >= 4 is 35.8 Å². The first-order valence-corrected chi connectivity index (χ1v) is 7.82. The highest BCUT2D eigenvalue weighted by molar-refractivity contribution is 7.99. The first-order chi connectivity index (χ1) is 10.1. The first-order valence-electron chi connectivity index (χ1n) is 6.66. The summed E-state index contributed by atoms with van der Waals surface area (Å²) in [5, 5.41) is 5.98. The average Bonchev–Trinajstić information content (AvgIpc) is 2.48. The van der Waals surface area contributed by atoms with Crippen LogP contribution in [-0.2, 0) is 4.79 Å². The Hall–Kier alpha value is -1.18. The summed E-state index contributed by atoms with van der Waals surface area (Å²) in [6, 6.07) is 2.77. The number of amides is 1. The van der Waals surface area contributed by atoms with E-state index in [1.54, 1.807) is 0 Å². The second kappa shape index (κ2) is 9.07. The van der Waals surface area contributed by atoms with Crippen molar-refractivity contribution in [1.82, 2.24) is 5.32 Å². The van der Waals surface area contributed by atoms with Gasteiger partial charge in [0.15, 0.2) is 11.6 Å². The van der Waals surface area contributed by atoms with E-state index in [1.807, 2.05) is 11.8 Å². The lowest BCUT2D eigenvalue weighted by Crippen LogP contribution is -2.39. The number of anilines is 1. The van der Waals surface area contributed by atoms with Crippen molar-refractivity contribution in [3.05, 3.63) is 17.9 Å². The number of methoxy groups -OCH3 is 2. The van der Waals surface area contributed by atoms with E-state index in [2.05, 4.69) is 10.6 Å². The molecule has 0 radical (unpaired) electrons. The minimum absolute atomic E-state index is 0. The van der Waals surface area contributed by atoms with Gasteiger partial charge < -0.3 is 20.1 Å². The molecule has 2 rings (SSSR count). The summed E-state index contributed by atoms with van der Waals surface area (Å²) in [5.74, 6) is 1.71. The maximum atomic E-state index is 13.7. The molecule has 22 heavy (non-hydrogen) atoms. The molecule has 2 N–H and O–H groups in total. The molecule has 124 valence electrons. The fourth-order valence-electron chi connectivity index (χ4n) is 2.13. The molecule has 8 heteroatoms. The molecule has 5 nitrogen and oxygen atoms in total. The summed E-state index contributed by atoms with van der Waals surface area (Å²) in [5.41, 5.74) is 0.310. The van der Waals surface area contributed by atoms with Crippen LogP contribution in [-0.4, -0.2) is 44.2 Å². The molecule has 1 aromatic carbocycles. The molecule has 1 heterocycles. The van der Waals surface area contributed by atoms with Crippen molar-refractivity contribution in [2.24, 2.45) is 0 Å². The zero-order chi connectivity index (χ0) is 15.2. The summed E-state index contributed by atoms with van der Waals surface area (Å²) < 4.78 is 23.8. The standard InChI is InChI=1S/C14H19FN2O3S.ClH/c1-19-12-7-13(20-2)11(6-10(12)15)17-14(18)5-9-8-21-4-3-16-9;/h6-7,9,16H,3-5,8H2,1-2H3,(H,17,18);1H. The topological polar surface area (TPSA) is 59.6 Å². The molecule has 1 unspecified atom stereocenters. The molecular weight excluding hydrogens is 331 g/mol. The number of thioether (sulfide) groups is 1. The maximum Gasteiger partial charge on any atom is 0.226 e. The Kier molecular flexibility index (Phi) is 7.78. The van der Waals surface area contributed by atoms with Crippen LogP contribution in [0.3, 0.4) is 0 Å². The highest BCUT2D eigenvalue weighted by atomic mass is 35.5. The summed E-state index contributed by atoms with van der Waals surface area (Å²) in [6.07, 6.45) is 0.351. The Bertz CT molecular complexity index is 513. The normalized spacial score (nSPS) is 17.3. The number of hydrogen-bond donors (Lipinski definition) is 2. The van der Waals surface area contributed by atoms with Crippen molar-refractivity contribution in [3.63, 3.8) is 0 Å². The summed E-state index contributed by atoms with van der Waals surface area (Å²) in [6.45, 7) is 0.906. The van der Waals surface area contributed by atoms with E-state index in [4.69, 9.17) is 9.47 Å². The van der Waals surface area contributed by atoms with E-state index in [0.29, 0.717) is 17.9 Å². The Morgan fingerprint density at radius 3 is 2.73 bits per heavy atom. The Morgan fingerprint density at radius 2 is 2.14 bits per heavy atom. The van der Waals surface area contributed by atoms with Crippen molar-refractivity contribution in [2.75, 3.05) is 37.6 Å². The van der Waals surface area contributed by atoms with Crippen molar-refractivity contribution < 1.29 is 18.7 Å². The van der Waals surface area contributed by atoms with Gasteiger partial charge in [0.1, 0.15) is 5.75 Å². The minimum atomic E-state index is -0.542. The van der Waals surface area contributed by atoms with E-state index in [-0.39, 0.29) is 30.1 Å². The van der Waals surface area contributed by atoms with E-state index in [1.165, 1.54) is 26.4 Å². The molecule has 0 aromatic heterocycles. The van der Waals surface area contributed by atoms with E-state index >= 15 is 0 Å². The molecule has 1 atom stereocenters. The zero-order valence-corrected chi connectivity index (χ0v) is 14.1. The monoisotopic (exact) mass is 350 g/mol. The number of halogens is 2. The van der Waals surface area contributed by atoms with E-state index in [0.717, 1.165) is 18.1 Å². The Morgan fingerprint density at radius 1 is 1.41 bits per heavy atom. The third kappa shape index (κ3) is 4.93. The van der Waals surface area contributed by atoms with Gasteiger partial charge in [-0.15, -0.1) is 12.4 Å². The number of carbonyl (C=O) groups is 1. The number of rotatable bonds is 5. The van der Waals surface area contributed by atoms with Gasteiger partial charge in [0.25, 0.3) is 0 Å². The number of carbonyl (C=O) groups excluding carboxylic acids is 1. The lowest BCUT2D eigenvalue weighted by atomic mass is 10.2. The van der Waals surface area contributed by atoms with Crippen LogP contribution in [0.5, 0.6) is 11.5 Å². The van der Waals surface area contributed by atoms with Gasteiger partial charge in [0.2, 0.25) is 5.91 Å². The van der Waals surface area contributed by atoms with Gasteiger partial charge in [0, 0.05) is 42.6 Å². The van der Waals surface area contributed by atoms with Crippen molar-refractivity contribution in [3.8, 4) is 11.5 Å². The molecule has 1 fully saturated rings. The largest absolute Gasteiger partial charge is 0.494 e. The number of nitrogens with one attached hydrogen (secondary N) is 2. The van der Waals surface area contributed by atoms with E-state index in [9.17, 15) is 9.18 Å². The van der Waals surface area contributed by atoms with Crippen molar-refractivity contribution in [2.45, 2.75) is 12.5 Å². The number of ether oxygens (including phenoxy) is 2. The van der Waals surface area contributed by atoms with Gasteiger partial charge >= 0.3 is 0 Å². The van der Waals surface area contributed by atoms with Crippen LogP contribution < -0.4 is 20.1 Å². The smallest absolute Gasteiger partial charge is 0.226 e. The lowest BCUT2D eigenvalue weighted by Gasteiger charge is -2.22. The van der Waals surface area contributed by atoms with E-state index < -0.39 is 5.82 Å². The van der Waals surface area contributed by atoms with Gasteiger partial charge in [-0.1, -0.05) is 0 Å². The van der Waals surface area contributed by atoms with Crippen LogP contribution in [0.25, 0.3) is 0 Å². The molecule has 0 aliphatic carbocycles. The first kappa shape index (κ1) is 18.9. The van der Waals surface area contributed by atoms with Crippen LogP contribution >= 0.6 is 24.2 Å². The molecule has 0 bridgehead atoms. The fraction of sp³-hybridized carbons (Fsp3) is 0.500. The predicted octanol–water partition coefficient (Wildman–Crippen LogP) is 2.30. The van der Waals surface area contributed by atoms with Gasteiger partial charge in [-0.25, -0.2) is 4.39 Å². The summed E-state index contributed by atoms with van der Waals surface area (Å²) in [7, 11) is 2.84. The third-order valence-corrected chi connectivity index (χ3v) is 4.31. The van der Waals surface area contributed by atoms with Crippen LogP contribution in [0.15, 0.2) is 12.1 Å². The van der Waals surface area contributed by atoms with Crippen LogP contribution in [0.4, 0.5) is 10.1 Å². The van der Waals surface area contributed by atoms with Gasteiger partial charge in [-0.3, -0.25) is 4.79 Å². The second-order valence-electron chi connectivity index (χ2n) is 4.67. The second-order valence-corrected chi connectivity index (χ2v) is 5.82. The predicted molar refractivity (Wildman–Crippen MR) is 89.1 cm³/mol. The molecule has 1 aliphatic heterocycles. The highest BCUT2D eigenvalue weighted by Gasteiger charge is 2.18. The molecular formula is C14H20ClFN2O3S. The maximum absolute atomic E-state index is 13.7. The quantitative estimate of drug-likeness (QED) is 0.853. The highest BCUT2D eigenvalue weighted by Crippen LogP contribution is 2.32. The lowest BCUT2D eigenvalue weighted by molar-refractivity contribution is -0.116. The molecule has 1 aliphatic rings. The number of benzene rings is 1. The average molecular weight is 351 g/mol. The summed E-state index contributed by atoms with van der Waals surface area (Å²) >= 11 is 1.82. The van der Waals surface area contributed by atoms with Crippen LogP contribution in [0, 0.1) is 5.82 Å². The Balaban J connectivity index is 0.00000242. The Labute approximate surface area is 139 Å². The van der Waals surface area contributed by atoms with Gasteiger partial charge in [-0.05, 0) is 0 Å². The molecule has 1 amide bonds. The fourth-order valence-corrected chi connectivity index (χ4v) is 3.08. The molecule has 1 aromatic rings. The minimum Gasteiger partial charge on any atom is -0.494 e. The third-order valence-electron chi connectivity index (χ3n) is 3.18. The molecule has 0 saturated carbocycles. The van der Waals surface area contributed by atoms with Crippen LogP contribution in [0.2, 0.25) is 0 Å². The van der Waals surface area contributed by atoms with Gasteiger partial charge in [-0.2, -0.15) is 11.8 Å².